The van der Waals surface area contributed by atoms with Gasteiger partial charge >= 0.3 is 12.1 Å². The first kappa shape index (κ1) is 34.1. The van der Waals surface area contributed by atoms with E-state index in [2.05, 4.69) is 15.7 Å². The minimum Gasteiger partial charge on any atom is -0.481 e. The molecule has 2 atom stereocenters. The number of alkyl halides is 3. The van der Waals surface area contributed by atoms with E-state index in [9.17, 15) is 46.6 Å². The molecule has 14 nitrogen and oxygen atoms in total. The average Bonchev–Trinajstić information content (AvgIpc) is 3.68. The Kier molecular flexibility index (Phi) is 11.2. The molecule has 0 aliphatic carbocycles. The van der Waals surface area contributed by atoms with Crippen molar-refractivity contribution in [2.24, 2.45) is 0 Å². The molecule has 3 heterocycles. The second kappa shape index (κ2) is 15.0. The van der Waals surface area contributed by atoms with E-state index in [-0.39, 0.29) is 36.6 Å². The lowest BCUT2D eigenvalue weighted by Gasteiger charge is -2.31. The summed E-state index contributed by atoms with van der Waals surface area (Å²) in [5.41, 5.74) is -0.197. The first-order valence-corrected chi connectivity index (χ1v) is 14.5. The molecule has 2 aliphatic heterocycles. The van der Waals surface area contributed by atoms with Crippen LogP contribution in [0.5, 0.6) is 5.88 Å². The number of ether oxygens (including phenoxy) is 1. The molecule has 2 aliphatic rings. The first-order chi connectivity index (χ1) is 21.8. The van der Waals surface area contributed by atoms with Crippen molar-refractivity contribution in [3.8, 4) is 11.6 Å². The molecule has 2 saturated heterocycles. The summed E-state index contributed by atoms with van der Waals surface area (Å²) in [5.74, 6) is -5.04. The van der Waals surface area contributed by atoms with Gasteiger partial charge in [-0.3, -0.25) is 24.0 Å². The van der Waals surface area contributed by atoms with E-state index in [1.54, 1.807) is 5.32 Å². The third-order valence-corrected chi connectivity index (χ3v) is 7.32. The van der Waals surface area contributed by atoms with E-state index in [0.29, 0.717) is 32.6 Å². The number of rotatable bonds is 12. The molecule has 0 saturated carbocycles. The van der Waals surface area contributed by atoms with Crippen molar-refractivity contribution < 1.29 is 51.4 Å². The molecule has 46 heavy (non-hydrogen) atoms. The van der Waals surface area contributed by atoms with E-state index in [0.717, 1.165) is 27.8 Å². The zero-order valence-electron chi connectivity index (χ0n) is 24.5. The zero-order chi connectivity index (χ0) is 33.4. The Morgan fingerprint density at radius 2 is 1.85 bits per heavy atom. The van der Waals surface area contributed by atoms with Crippen molar-refractivity contribution in [1.82, 2.24) is 35.5 Å². The molecule has 18 heteroatoms. The summed E-state index contributed by atoms with van der Waals surface area (Å²) in [6.45, 7) is -0.370. The van der Waals surface area contributed by atoms with Gasteiger partial charge in [0.1, 0.15) is 24.4 Å². The molecular formula is C28H33F4N7O7. The summed E-state index contributed by atoms with van der Waals surface area (Å²) < 4.78 is 58.5. The Morgan fingerprint density at radius 1 is 1.11 bits per heavy atom. The number of hydrogen-bond acceptors (Lipinski definition) is 8. The number of hydrogen-bond donors (Lipinski definition) is 4. The lowest BCUT2D eigenvalue weighted by Crippen LogP contribution is -2.54. The highest BCUT2D eigenvalue weighted by Crippen LogP contribution is 2.23. The van der Waals surface area contributed by atoms with Gasteiger partial charge in [0.25, 0.3) is 11.8 Å². The van der Waals surface area contributed by atoms with Gasteiger partial charge in [0.15, 0.2) is 12.3 Å². The Balaban J connectivity index is 1.51. The van der Waals surface area contributed by atoms with Gasteiger partial charge in [-0.05, 0) is 37.5 Å². The monoisotopic (exact) mass is 655 g/mol. The van der Waals surface area contributed by atoms with E-state index < -0.39 is 73.2 Å². The summed E-state index contributed by atoms with van der Waals surface area (Å²) in [5, 5.41) is 20.7. The maximum atomic E-state index is 14.1. The van der Waals surface area contributed by atoms with Crippen LogP contribution in [0.25, 0.3) is 5.69 Å². The molecule has 1 aromatic heterocycles. The molecule has 1 aromatic carbocycles. The third-order valence-electron chi connectivity index (χ3n) is 7.32. The average molecular weight is 656 g/mol. The highest BCUT2D eigenvalue weighted by atomic mass is 19.4. The Labute approximate surface area is 260 Å². The normalized spacial score (nSPS) is 17.3. The number of amides is 4. The van der Waals surface area contributed by atoms with Gasteiger partial charge in [-0.1, -0.05) is 6.07 Å². The molecule has 4 amide bonds. The summed E-state index contributed by atoms with van der Waals surface area (Å²) >= 11 is 0. The van der Waals surface area contributed by atoms with E-state index in [1.165, 1.54) is 17.0 Å². The van der Waals surface area contributed by atoms with Crippen LogP contribution in [-0.4, -0.2) is 118 Å². The van der Waals surface area contributed by atoms with Gasteiger partial charge in [-0.2, -0.15) is 18.3 Å². The molecular weight excluding hydrogens is 622 g/mol. The van der Waals surface area contributed by atoms with E-state index in [1.807, 2.05) is 0 Å². The van der Waals surface area contributed by atoms with Crippen molar-refractivity contribution in [2.75, 3.05) is 45.9 Å². The van der Waals surface area contributed by atoms with Crippen molar-refractivity contribution in [3.05, 3.63) is 41.8 Å². The number of nitrogens with zero attached hydrogens (tertiary/aromatic N) is 4. The molecule has 0 bridgehead atoms. The third kappa shape index (κ3) is 9.15. The lowest BCUT2D eigenvalue weighted by molar-refractivity contribution is -0.145. The van der Waals surface area contributed by atoms with Crippen LogP contribution in [0.15, 0.2) is 30.3 Å². The number of carboxylic acid groups (broad SMARTS) is 1. The number of carbonyl (C=O) groups excluding carboxylic acids is 4. The Morgan fingerprint density at radius 3 is 2.52 bits per heavy atom. The number of halogens is 4. The molecule has 4 rings (SSSR count). The highest BCUT2D eigenvalue weighted by Gasteiger charge is 2.37. The molecule has 0 radical (unpaired) electrons. The maximum absolute atomic E-state index is 14.1. The minimum atomic E-state index is -4.62. The van der Waals surface area contributed by atoms with Gasteiger partial charge in [-0.25, -0.2) is 9.07 Å². The van der Waals surface area contributed by atoms with Gasteiger partial charge in [-0.15, -0.1) is 0 Å². The molecule has 0 unspecified atom stereocenters. The van der Waals surface area contributed by atoms with Crippen LogP contribution in [0.3, 0.4) is 0 Å². The highest BCUT2D eigenvalue weighted by molar-refractivity contribution is 5.96. The number of carbonyl (C=O) groups is 5. The van der Waals surface area contributed by atoms with E-state index >= 15 is 0 Å². The van der Waals surface area contributed by atoms with Gasteiger partial charge < -0.3 is 35.6 Å². The fraction of sp³-hybridized carbons (Fsp3) is 0.500. The lowest BCUT2D eigenvalue weighted by atomic mass is 10.1. The van der Waals surface area contributed by atoms with Crippen LogP contribution in [0.4, 0.5) is 17.6 Å². The maximum Gasteiger partial charge on any atom is 0.405 e. The predicted octanol–water partition coefficient (Wildman–Crippen LogP) is 0.455. The Bertz CT molecular complexity index is 1450. The molecule has 250 valence electrons. The fourth-order valence-corrected chi connectivity index (χ4v) is 5.10. The van der Waals surface area contributed by atoms with Crippen molar-refractivity contribution >= 4 is 29.6 Å². The van der Waals surface area contributed by atoms with Crippen LogP contribution >= 0.6 is 0 Å². The first-order valence-electron chi connectivity index (χ1n) is 14.5. The summed E-state index contributed by atoms with van der Waals surface area (Å²) in [6.07, 6.45) is -4.70. The zero-order valence-corrected chi connectivity index (χ0v) is 24.5. The fourth-order valence-electron chi connectivity index (χ4n) is 5.10. The number of likely N-dealkylation sites (tertiary alicyclic amines) is 1. The Hall–Kier alpha value is -4.74. The standard InChI is InChI=1S/C28H33F4N7O7/c29-17-3-1-4-18(13-17)39-23(46-15-22(40)38-10-2-5-21(38)26(44)34-16-28(30,31)32)14-20(36-39)25(43)35-19(6-7-24(41)42)27(45)37-11-8-33-9-12-37/h1,3-4,13-14,19,21,33H,2,5-12,15-16H2,(H,34,44)(H,35,43)(H,41,42)/t19-,21-/m0/s1. The second-order valence-corrected chi connectivity index (χ2v) is 10.7. The predicted molar refractivity (Wildman–Crippen MR) is 150 cm³/mol. The number of benzene rings is 1. The second-order valence-electron chi connectivity index (χ2n) is 10.7. The smallest absolute Gasteiger partial charge is 0.405 e. The number of carboxylic acids is 1. The van der Waals surface area contributed by atoms with Crippen LogP contribution in [0.1, 0.15) is 36.2 Å². The van der Waals surface area contributed by atoms with Crippen molar-refractivity contribution in [2.45, 2.75) is 43.9 Å². The topological polar surface area (TPSA) is 175 Å². The molecule has 2 fully saturated rings. The number of nitrogens with one attached hydrogen (secondary N) is 3. The molecule has 0 spiro atoms. The van der Waals surface area contributed by atoms with Gasteiger partial charge in [0, 0.05) is 45.2 Å². The number of piperazine rings is 1. The summed E-state index contributed by atoms with van der Waals surface area (Å²) in [6, 6.07) is 3.85. The largest absolute Gasteiger partial charge is 0.481 e. The van der Waals surface area contributed by atoms with Crippen LogP contribution in [0, 0.1) is 5.82 Å². The SMILES string of the molecule is O=C(O)CC[C@H](NC(=O)c1cc(OCC(=O)N2CCC[C@H]2C(=O)NCC(F)(F)F)n(-c2cccc(F)c2)n1)C(=O)N1CCNCC1. The van der Waals surface area contributed by atoms with Crippen LogP contribution in [0.2, 0.25) is 0 Å². The van der Waals surface area contributed by atoms with E-state index in [4.69, 9.17) is 4.74 Å². The van der Waals surface area contributed by atoms with Crippen molar-refractivity contribution in [3.63, 3.8) is 0 Å². The number of aliphatic carboxylic acids is 1. The quantitative estimate of drug-likeness (QED) is 0.237. The summed E-state index contributed by atoms with van der Waals surface area (Å²) in [7, 11) is 0. The van der Waals surface area contributed by atoms with Crippen LogP contribution in [-0.2, 0) is 19.2 Å². The minimum absolute atomic E-state index is 0.0992. The van der Waals surface area contributed by atoms with Crippen molar-refractivity contribution in [1.29, 1.82) is 0 Å². The van der Waals surface area contributed by atoms with Gasteiger partial charge in [0.05, 0.1) is 5.69 Å². The summed E-state index contributed by atoms with van der Waals surface area (Å²) in [4.78, 5) is 65.6. The molecule has 2 aromatic rings. The molecule has 4 N–H and O–H groups in total. The number of aromatic nitrogens is 2. The van der Waals surface area contributed by atoms with Gasteiger partial charge in [0.2, 0.25) is 17.7 Å². The van der Waals surface area contributed by atoms with Crippen LogP contribution < -0.4 is 20.7 Å².